The van der Waals surface area contributed by atoms with Crippen molar-refractivity contribution < 1.29 is 14.3 Å². The number of carboxylic acid groups (broad SMARTS) is 1. The summed E-state index contributed by atoms with van der Waals surface area (Å²) < 4.78 is 6.34. The highest BCUT2D eigenvalue weighted by molar-refractivity contribution is 5.87. The summed E-state index contributed by atoms with van der Waals surface area (Å²) in [7, 11) is 0. The van der Waals surface area contributed by atoms with E-state index in [0.717, 1.165) is 6.26 Å². The van der Waals surface area contributed by atoms with E-state index < -0.39 is 5.97 Å². The van der Waals surface area contributed by atoms with E-state index in [-0.39, 0.29) is 17.7 Å². The lowest BCUT2D eigenvalue weighted by Crippen LogP contribution is -2.18. The molecule has 0 radical (unpaired) electrons. The van der Waals surface area contributed by atoms with Crippen molar-refractivity contribution in [1.29, 1.82) is 0 Å². The monoisotopic (exact) mass is 220 g/mol. The van der Waals surface area contributed by atoms with E-state index in [1.165, 1.54) is 29.2 Å². The zero-order chi connectivity index (χ0) is 11.5. The molecule has 0 saturated heterocycles. The first-order chi connectivity index (χ1) is 7.66. The van der Waals surface area contributed by atoms with Crippen LogP contribution in [0.5, 0.6) is 0 Å². The molecule has 1 N–H and O–H groups in total. The predicted molar refractivity (Wildman–Crippen MR) is 53.3 cm³/mol. The van der Waals surface area contributed by atoms with E-state index in [2.05, 4.69) is 4.98 Å². The van der Waals surface area contributed by atoms with Crippen LogP contribution in [0.3, 0.4) is 0 Å². The van der Waals surface area contributed by atoms with Gasteiger partial charge in [0, 0.05) is 12.3 Å². The molecule has 2 aromatic heterocycles. The predicted octanol–water partition coefficient (Wildman–Crippen LogP) is 0.583. The third-order valence-corrected chi connectivity index (χ3v) is 2.02. The van der Waals surface area contributed by atoms with Gasteiger partial charge in [-0.3, -0.25) is 9.36 Å². The summed E-state index contributed by atoms with van der Waals surface area (Å²) in [6, 6.07) is 2.70. The summed E-state index contributed by atoms with van der Waals surface area (Å²) in [5.41, 5.74) is -0.157. The topological polar surface area (TPSA) is 85.3 Å². The Balaban J connectivity index is 2.24. The first kappa shape index (κ1) is 10.2. The van der Waals surface area contributed by atoms with Crippen LogP contribution in [0.1, 0.15) is 16.1 Å². The second kappa shape index (κ2) is 4.01. The lowest BCUT2D eigenvalue weighted by molar-refractivity contribution is 0.0696. The van der Waals surface area contributed by atoms with E-state index in [0.29, 0.717) is 5.76 Å². The Morgan fingerprint density at radius 2 is 2.38 bits per heavy atom. The van der Waals surface area contributed by atoms with Crippen molar-refractivity contribution in [2.75, 3.05) is 0 Å². The highest BCUT2D eigenvalue weighted by atomic mass is 16.4. The van der Waals surface area contributed by atoms with Crippen LogP contribution >= 0.6 is 0 Å². The fourth-order valence-corrected chi connectivity index (χ4v) is 1.24. The van der Waals surface area contributed by atoms with E-state index in [1.807, 2.05) is 0 Å². The molecule has 82 valence electrons. The van der Waals surface area contributed by atoms with Gasteiger partial charge in [0.05, 0.1) is 18.4 Å². The van der Waals surface area contributed by atoms with Gasteiger partial charge < -0.3 is 9.52 Å². The molecule has 6 nitrogen and oxygen atoms in total. The Hall–Kier alpha value is -2.37. The fourth-order valence-electron chi connectivity index (χ4n) is 1.24. The number of carboxylic acids is 1. The molecule has 2 aromatic rings. The first-order valence-electron chi connectivity index (χ1n) is 4.48. The zero-order valence-electron chi connectivity index (χ0n) is 8.16. The zero-order valence-corrected chi connectivity index (χ0v) is 8.16. The van der Waals surface area contributed by atoms with Crippen LogP contribution in [0.25, 0.3) is 0 Å². The number of aromatic nitrogens is 2. The molecule has 2 rings (SSSR count). The molecule has 0 atom stereocenters. The van der Waals surface area contributed by atoms with Crippen molar-refractivity contribution >= 4 is 5.97 Å². The molecule has 16 heavy (non-hydrogen) atoms. The van der Waals surface area contributed by atoms with Crippen molar-refractivity contribution in [2.24, 2.45) is 0 Å². The first-order valence-corrected chi connectivity index (χ1v) is 4.48. The van der Waals surface area contributed by atoms with E-state index in [9.17, 15) is 9.59 Å². The summed E-state index contributed by atoms with van der Waals surface area (Å²) in [6.07, 6.45) is 3.90. The average molecular weight is 220 g/mol. The smallest absolute Gasteiger partial charge is 0.338 e. The Morgan fingerprint density at radius 1 is 1.56 bits per heavy atom. The van der Waals surface area contributed by atoms with Gasteiger partial charge in [-0.15, -0.1) is 0 Å². The fraction of sp³-hybridized carbons (Fsp3) is 0.100. The number of rotatable bonds is 3. The van der Waals surface area contributed by atoms with Gasteiger partial charge in [0.2, 0.25) is 0 Å². The number of hydrogen-bond acceptors (Lipinski definition) is 4. The maximum Gasteiger partial charge on any atom is 0.338 e. The molecule has 0 bridgehead atoms. The van der Waals surface area contributed by atoms with Gasteiger partial charge in [0.25, 0.3) is 5.56 Å². The number of furan rings is 1. The molecule has 0 amide bonds. The van der Waals surface area contributed by atoms with E-state index in [1.54, 1.807) is 0 Å². The molecule has 0 spiro atoms. The second-order valence-electron chi connectivity index (χ2n) is 3.15. The molecule has 0 aliphatic carbocycles. The van der Waals surface area contributed by atoms with Crippen LogP contribution in [0.15, 0.2) is 40.1 Å². The molecule has 0 saturated carbocycles. The molecule has 0 aliphatic heterocycles. The molecule has 0 aliphatic rings. The number of nitrogens with zero attached hydrogens (tertiary/aromatic N) is 2. The van der Waals surface area contributed by atoms with Crippen LogP contribution in [0.4, 0.5) is 0 Å². The number of carbonyl (C=O) groups is 1. The molecule has 2 heterocycles. The maximum atomic E-state index is 11.3. The molecule has 0 fully saturated rings. The van der Waals surface area contributed by atoms with Crippen molar-refractivity contribution in [2.45, 2.75) is 6.54 Å². The van der Waals surface area contributed by atoms with E-state index in [4.69, 9.17) is 9.52 Å². The van der Waals surface area contributed by atoms with Crippen LogP contribution < -0.4 is 5.56 Å². The van der Waals surface area contributed by atoms with Gasteiger partial charge >= 0.3 is 5.97 Å². The Kier molecular flexibility index (Phi) is 2.55. The lowest BCUT2D eigenvalue weighted by Gasteiger charge is -1.99. The second-order valence-corrected chi connectivity index (χ2v) is 3.15. The van der Waals surface area contributed by atoms with E-state index >= 15 is 0 Å². The van der Waals surface area contributed by atoms with Gasteiger partial charge in [-0.25, -0.2) is 9.78 Å². The molecule has 0 unspecified atom stereocenters. The van der Waals surface area contributed by atoms with Gasteiger partial charge in [-0.05, 0) is 6.07 Å². The minimum atomic E-state index is -1.06. The normalized spacial score (nSPS) is 10.2. The largest absolute Gasteiger partial charge is 0.478 e. The minimum absolute atomic E-state index is 0.0620. The minimum Gasteiger partial charge on any atom is -0.478 e. The quantitative estimate of drug-likeness (QED) is 0.817. The number of hydrogen-bond donors (Lipinski definition) is 1. The average Bonchev–Trinajstić information content (AvgIpc) is 2.70. The highest BCUT2D eigenvalue weighted by Gasteiger charge is 2.08. The Morgan fingerprint density at radius 3 is 3.00 bits per heavy atom. The van der Waals surface area contributed by atoms with Crippen molar-refractivity contribution in [1.82, 2.24) is 9.55 Å². The van der Waals surface area contributed by atoms with Crippen LogP contribution in [-0.4, -0.2) is 20.6 Å². The summed E-state index contributed by atoms with van der Waals surface area (Å²) >= 11 is 0. The maximum absolute atomic E-state index is 11.3. The lowest BCUT2D eigenvalue weighted by atomic mass is 10.3. The SMILES string of the molecule is O=C(O)c1coc(Cn2cnccc2=O)c1. The Labute approximate surface area is 89.8 Å². The molecule has 6 heteroatoms. The van der Waals surface area contributed by atoms with Crippen LogP contribution in [0, 0.1) is 0 Å². The van der Waals surface area contributed by atoms with Crippen LogP contribution in [0.2, 0.25) is 0 Å². The van der Waals surface area contributed by atoms with Crippen LogP contribution in [-0.2, 0) is 6.54 Å². The summed E-state index contributed by atoms with van der Waals surface area (Å²) in [5.74, 6) is -0.666. The van der Waals surface area contributed by atoms with Crippen molar-refractivity contribution in [3.8, 4) is 0 Å². The van der Waals surface area contributed by atoms with Gasteiger partial charge in [-0.1, -0.05) is 0 Å². The standard InChI is InChI=1S/C10H8N2O4/c13-9-1-2-11-6-12(9)4-8-3-7(5-16-8)10(14)15/h1-3,5-6H,4H2,(H,14,15). The van der Waals surface area contributed by atoms with Gasteiger partial charge in [0.15, 0.2) is 0 Å². The van der Waals surface area contributed by atoms with Gasteiger partial charge in [0.1, 0.15) is 12.0 Å². The van der Waals surface area contributed by atoms with Crippen molar-refractivity contribution in [3.05, 3.63) is 52.6 Å². The molecule has 0 aromatic carbocycles. The third kappa shape index (κ3) is 2.00. The molecular weight excluding hydrogens is 212 g/mol. The molecular formula is C10H8N2O4. The number of aromatic carboxylic acids is 1. The van der Waals surface area contributed by atoms with Gasteiger partial charge in [-0.2, -0.15) is 0 Å². The summed E-state index contributed by atoms with van der Waals surface area (Å²) in [4.78, 5) is 25.7. The van der Waals surface area contributed by atoms with Crippen molar-refractivity contribution in [3.63, 3.8) is 0 Å². The summed E-state index contributed by atoms with van der Waals surface area (Å²) in [5, 5.41) is 8.68. The summed E-state index contributed by atoms with van der Waals surface area (Å²) in [6.45, 7) is 0.167. The Bertz CT molecular complexity index is 570. The third-order valence-electron chi connectivity index (χ3n) is 2.02. The highest BCUT2D eigenvalue weighted by Crippen LogP contribution is 2.08.